The van der Waals surface area contributed by atoms with E-state index in [1.807, 2.05) is 11.4 Å². The molecule has 0 aliphatic heterocycles. The highest BCUT2D eigenvalue weighted by Crippen LogP contribution is 2.36. The zero-order chi connectivity index (χ0) is 13.7. The molecule has 0 spiro atoms. The molecule has 2 aromatic rings. The lowest BCUT2D eigenvalue weighted by Gasteiger charge is -2.07. The number of rotatable bonds is 5. The molecule has 6 heteroatoms. The second kappa shape index (κ2) is 6.45. The highest BCUT2D eigenvalue weighted by molar-refractivity contribution is 8.00. The minimum atomic E-state index is -4.22. The average Bonchev–Trinajstić information content (AvgIpc) is 2.82. The molecule has 1 nitrogen and oxygen atoms in total. The minimum absolute atomic E-state index is 0.0877. The Hall–Kier alpha value is -0.980. The largest absolute Gasteiger partial charge is 0.446 e. The van der Waals surface area contributed by atoms with Gasteiger partial charge in [0.05, 0.1) is 0 Å². The Morgan fingerprint density at radius 3 is 2.26 bits per heavy atom. The second-order valence-corrected chi connectivity index (χ2v) is 5.85. The first-order valence-electron chi connectivity index (χ1n) is 5.59. The van der Waals surface area contributed by atoms with E-state index < -0.39 is 5.51 Å². The molecule has 0 aliphatic rings. The van der Waals surface area contributed by atoms with E-state index >= 15 is 0 Å². The molecule has 0 atom stereocenters. The van der Waals surface area contributed by atoms with Crippen LogP contribution < -0.4 is 5.32 Å². The average molecular weight is 303 g/mol. The SMILES string of the molecule is FC(F)(F)Sc1ccc(CNCc2ccsc2)cc1. The van der Waals surface area contributed by atoms with E-state index in [4.69, 9.17) is 0 Å². The first-order valence-corrected chi connectivity index (χ1v) is 7.35. The Kier molecular flexibility index (Phi) is 4.90. The zero-order valence-corrected chi connectivity index (χ0v) is 11.5. The molecule has 0 aliphatic carbocycles. The molecule has 0 saturated heterocycles. The summed E-state index contributed by atoms with van der Waals surface area (Å²) >= 11 is 1.56. The fourth-order valence-corrected chi connectivity index (χ4v) is 2.76. The van der Waals surface area contributed by atoms with Gasteiger partial charge in [-0.15, -0.1) is 0 Å². The van der Waals surface area contributed by atoms with Crippen LogP contribution in [0.15, 0.2) is 46.0 Å². The van der Waals surface area contributed by atoms with Crippen LogP contribution in [-0.4, -0.2) is 5.51 Å². The Bertz CT molecular complexity index is 492. The lowest BCUT2D eigenvalue weighted by atomic mass is 10.2. The monoisotopic (exact) mass is 303 g/mol. The molecule has 1 aromatic heterocycles. The summed E-state index contributed by atoms with van der Waals surface area (Å²) in [6, 6.07) is 8.48. The predicted octanol–water partition coefficient (Wildman–Crippen LogP) is 4.65. The lowest BCUT2D eigenvalue weighted by molar-refractivity contribution is -0.0328. The van der Waals surface area contributed by atoms with Crippen LogP contribution in [0.5, 0.6) is 0 Å². The van der Waals surface area contributed by atoms with Crippen molar-refractivity contribution >= 4 is 23.1 Å². The Morgan fingerprint density at radius 1 is 1.00 bits per heavy atom. The van der Waals surface area contributed by atoms with Crippen LogP contribution in [0.3, 0.4) is 0 Å². The van der Waals surface area contributed by atoms with Gasteiger partial charge < -0.3 is 5.32 Å². The Morgan fingerprint density at radius 2 is 1.68 bits per heavy atom. The van der Waals surface area contributed by atoms with Gasteiger partial charge in [0.2, 0.25) is 0 Å². The normalized spacial score (nSPS) is 11.7. The number of nitrogens with one attached hydrogen (secondary N) is 1. The smallest absolute Gasteiger partial charge is 0.309 e. The molecule has 0 fully saturated rings. The van der Waals surface area contributed by atoms with Crippen molar-refractivity contribution in [2.45, 2.75) is 23.5 Å². The summed E-state index contributed by atoms with van der Waals surface area (Å²) in [5.41, 5.74) is -2.03. The fraction of sp³-hybridized carbons (Fsp3) is 0.231. The van der Waals surface area contributed by atoms with Crippen molar-refractivity contribution in [3.8, 4) is 0 Å². The van der Waals surface area contributed by atoms with Crippen molar-refractivity contribution in [1.29, 1.82) is 0 Å². The quantitative estimate of drug-likeness (QED) is 0.807. The van der Waals surface area contributed by atoms with E-state index in [-0.39, 0.29) is 16.7 Å². The number of thiophene rings is 1. The summed E-state index contributed by atoms with van der Waals surface area (Å²) in [6.45, 7) is 1.41. The third kappa shape index (κ3) is 5.26. The third-order valence-electron chi connectivity index (χ3n) is 2.40. The maximum absolute atomic E-state index is 12.2. The van der Waals surface area contributed by atoms with Crippen molar-refractivity contribution in [2.75, 3.05) is 0 Å². The molecule has 0 bridgehead atoms. The summed E-state index contributed by atoms with van der Waals surface area (Å²) in [5, 5.41) is 7.33. The molecule has 1 aromatic carbocycles. The summed E-state index contributed by atoms with van der Waals surface area (Å²) < 4.78 is 36.5. The molecular weight excluding hydrogens is 291 g/mol. The van der Waals surface area contributed by atoms with Crippen molar-refractivity contribution in [3.05, 3.63) is 52.2 Å². The van der Waals surface area contributed by atoms with Crippen LogP contribution in [0, 0.1) is 0 Å². The molecule has 0 amide bonds. The van der Waals surface area contributed by atoms with Crippen LogP contribution in [0.1, 0.15) is 11.1 Å². The van der Waals surface area contributed by atoms with E-state index in [0.717, 1.165) is 12.1 Å². The maximum atomic E-state index is 12.2. The molecule has 0 unspecified atom stereocenters. The number of hydrogen-bond acceptors (Lipinski definition) is 3. The predicted molar refractivity (Wildman–Crippen MR) is 73.2 cm³/mol. The number of alkyl halides is 3. The maximum Gasteiger partial charge on any atom is 0.446 e. The van der Waals surface area contributed by atoms with Crippen molar-refractivity contribution in [1.82, 2.24) is 5.32 Å². The highest BCUT2D eigenvalue weighted by Gasteiger charge is 2.28. The minimum Gasteiger partial charge on any atom is -0.309 e. The van der Waals surface area contributed by atoms with Gasteiger partial charge in [-0.25, -0.2) is 0 Å². The van der Waals surface area contributed by atoms with Crippen LogP contribution in [-0.2, 0) is 13.1 Å². The van der Waals surface area contributed by atoms with E-state index in [1.54, 1.807) is 23.5 Å². The number of halogens is 3. The standard InChI is InChI=1S/C13H12F3NS2/c14-13(15,16)19-12-3-1-10(2-4-12)7-17-8-11-5-6-18-9-11/h1-6,9,17H,7-8H2. The molecule has 2 rings (SSSR count). The van der Waals surface area contributed by atoms with Gasteiger partial charge in [-0.05, 0) is 51.8 Å². The summed E-state index contributed by atoms with van der Waals surface area (Å²) in [7, 11) is 0. The summed E-state index contributed by atoms with van der Waals surface area (Å²) in [4.78, 5) is 0.217. The first-order chi connectivity index (χ1) is 9.03. The summed E-state index contributed by atoms with van der Waals surface area (Å²) in [5.74, 6) is 0. The van der Waals surface area contributed by atoms with Crippen LogP contribution >= 0.6 is 23.1 Å². The highest BCUT2D eigenvalue weighted by atomic mass is 32.2. The molecule has 1 heterocycles. The van der Waals surface area contributed by atoms with E-state index in [2.05, 4.69) is 10.7 Å². The molecule has 19 heavy (non-hydrogen) atoms. The fourth-order valence-electron chi connectivity index (χ4n) is 1.55. The Labute approximate surface area is 117 Å². The first kappa shape index (κ1) is 14.4. The molecule has 1 N–H and O–H groups in total. The van der Waals surface area contributed by atoms with Crippen LogP contribution in [0.2, 0.25) is 0 Å². The number of thioether (sulfide) groups is 1. The van der Waals surface area contributed by atoms with Crippen molar-refractivity contribution < 1.29 is 13.2 Å². The van der Waals surface area contributed by atoms with Crippen molar-refractivity contribution in [2.24, 2.45) is 0 Å². The van der Waals surface area contributed by atoms with Gasteiger partial charge in [0.25, 0.3) is 0 Å². The van der Waals surface area contributed by atoms with Crippen LogP contribution in [0.4, 0.5) is 13.2 Å². The lowest BCUT2D eigenvalue weighted by Crippen LogP contribution is -2.11. The topological polar surface area (TPSA) is 12.0 Å². The van der Waals surface area contributed by atoms with E-state index in [0.29, 0.717) is 6.54 Å². The van der Waals surface area contributed by atoms with Crippen molar-refractivity contribution in [3.63, 3.8) is 0 Å². The summed E-state index contributed by atoms with van der Waals surface area (Å²) in [6.07, 6.45) is 0. The molecular formula is C13H12F3NS2. The zero-order valence-electron chi connectivity index (χ0n) is 9.91. The van der Waals surface area contributed by atoms with Gasteiger partial charge >= 0.3 is 5.51 Å². The van der Waals surface area contributed by atoms with Gasteiger partial charge in [0, 0.05) is 18.0 Å². The van der Waals surface area contributed by atoms with Gasteiger partial charge in [0.1, 0.15) is 0 Å². The van der Waals surface area contributed by atoms with E-state index in [9.17, 15) is 13.2 Å². The van der Waals surface area contributed by atoms with Gasteiger partial charge in [-0.3, -0.25) is 0 Å². The third-order valence-corrected chi connectivity index (χ3v) is 3.87. The van der Waals surface area contributed by atoms with Gasteiger partial charge in [-0.1, -0.05) is 12.1 Å². The van der Waals surface area contributed by atoms with E-state index in [1.165, 1.54) is 17.7 Å². The van der Waals surface area contributed by atoms with Gasteiger partial charge in [0.15, 0.2) is 0 Å². The van der Waals surface area contributed by atoms with Gasteiger partial charge in [-0.2, -0.15) is 24.5 Å². The second-order valence-electron chi connectivity index (χ2n) is 3.93. The molecule has 102 valence electrons. The van der Waals surface area contributed by atoms with Crippen LogP contribution in [0.25, 0.3) is 0 Å². The molecule has 0 saturated carbocycles. The number of benzene rings is 1. The number of hydrogen-bond donors (Lipinski definition) is 1. The molecule has 0 radical (unpaired) electrons. The Balaban J connectivity index is 1.81.